The van der Waals surface area contributed by atoms with E-state index >= 15 is 0 Å². The summed E-state index contributed by atoms with van der Waals surface area (Å²) in [5.74, 6) is 0.103. The van der Waals surface area contributed by atoms with Crippen molar-refractivity contribution in [1.82, 2.24) is 4.31 Å². The molecule has 2 rings (SSSR count). The van der Waals surface area contributed by atoms with Crippen LogP contribution in [-0.2, 0) is 14.8 Å². The zero-order chi connectivity index (χ0) is 20.0. The summed E-state index contributed by atoms with van der Waals surface area (Å²) in [6, 6.07) is 12.2. The first-order valence-corrected chi connectivity index (χ1v) is 10.2. The van der Waals surface area contributed by atoms with Crippen molar-refractivity contribution in [3.05, 3.63) is 53.6 Å². The molecule has 6 nitrogen and oxygen atoms in total. The fourth-order valence-corrected chi connectivity index (χ4v) is 4.55. The topological polar surface area (TPSA) is 75.7 Å². The second-order valence-corrected chi connectivity index (χ2v) is 8.26. The Bertz CT molecular complexity index is 910. The van der Waals surface area contributed by atoms with E-state index < -0.39 is 15.9 Å². The van der Waals surface area contributed by atoms with Gasteiger partial charge < -0.3 is 10.1 Å². The molecule has 0 spiro atoms. The molecule has 146 valence electrons. The van der Waals surface area contributed by atoms with Crippen LogP contribution in [0.15, 0.2) is 47.4 Å². The van der Waals surface area contributed by atoms with Crippen LogP contribution < -0.4 is 10.1 Å². The number of hydrogen-bond donors (Lipinski definition) is 1. The molecular formula is C20H26N2O4S. The smallest absolute Gasteiger partial charge is 0.243 e. The van der Waals surface area contributed by atoms with Crippen LogP contribution >= 0.6 is 0 Å². The molecular weight excluding hydrogens is 364 g/mol. The molecule has 27 heavy (non-hydrogen) atoms. The Kier molecular flexibility index (Phi) is 6.98. The Hall–Kier alpha value is -2.38. The normalized spacial score (nSPS) is 11.4. The van der Waals surface area contributed by atoms with Crippen LogP contribution in [0.2, 0.25) is 0 Å². The Morgan fingerprint density at radius 1 is 1.15 bits per heavy atom. The summed E-state index contributed by atoms with van der Waals surface area (Å²) >= 11 is 0. The highest BCUT2D eigenvalue weighted by molar-refractivity contribution is 7.89. The van der Waals surface area contributed by atoms with Crippen LogP contribution in [0, 0.1) is 13.8 Å². The van der Waals surface area contributed by atoms with Crippen LogP contribution in [0.3, 0.4) is 0 Å². The van der Waals surface area contributed by atoms with Crippen LogP contribution in [0.25, 0.3) is 0 Å². The van der Waals surface area contributed by atoms with Gasteiger partial charge in [0.2, 0.25) is 15.9 Å². The van der Waals surface area contributed by atoms with Gasteiger partial charge in [0.05, 0.1) is 24.2 Å². The van der Waals surface area contributed by atoms with E-state index in [0.29, 0.717) is 23.4 Å². The number of carbonyl (C=O) groups excluding carboxylic acids is 1. The lowest BCUT2D eigenvalue weighted by Gasteiger charge is -2.22. The van der Waals surface area contributed by atoms with Gasteiger partial charge in [0.15, 0.2) is 0 Å². The Morgan fingerprint density at radius 3 is 2.48 bits per heavy atom. The van der Waals surface area contributed by atoms with Crippen molar-refractivity contribution in [2.24, 2.45) is 0 Å². The molecule has 0 atom stereocenters. The zero-order valence-electron chi connectivity index (χ0n) is 16.2. The molecule has 0 fully saturated rings. The van der Waals surface area contributed by atoms with E-state index in [9.17, 15) is 13.2 Å². The van der Waals surface area contributed by atoms with Gasteiger partial charge in [-0.2, -0.15) is 4.31 Å². The molecule has 0 saturated heterocycles. The van der Waals surface area contributed by atoms with Gasteiger partial charge in [0, 0.05) is 6.54 Å². The first-order chi connectivity index (χ1) is 12.8. The highest BCUT2D eigenvalue weighted by Gasteiger charge is 2.27. The minimum atomic E-state index is -3.77. The van der Waals surface area contributed by atoms with Crippen molar-refractivity contribution >= 4 is 21.6 Å². The molecule has 1 amide bonds. The van der Waals surface area contributed by atoms with Gasteiger partial charge in [-0.15, -0.1) is 0 Å². The lowest BCUT2D eigenvalue weighted by atomic mass is 10.2. The monoisotopic (exact) mass is 390 g/mol. The molecule has 0 aliphatic heterocycles. The summed E-state index contributed by atoms with van der Waals surface area (Å²) in [7, 11) is -2.26. The second-order valence-electron chi connectivity index (χ2n) is 6.36. The number of methoxy groups -OCH3 is 1. The van der Waals surface area contributed by atoms with Crippen molar-refractivity contribution < 1.29 is 17.9 Å². The van der Waals surface area contributed by atoms with E-state index in [0.717, 1.165) is 5.56 Å². The second kappa shape index (κ2) is 9.01. The van der Waals surface area contributed by atoms with Crippen LogP contribution in [0.4, 0.5) is 5.69 Å². The summed E-state index contributed by atoms with van der Waals surface area (Å²) in [4.78, 5) is 12.7. The number of carbonyl (C=O) groups is 1. The number of amides is 1. The van der Waals surface area contributed by atoms with E-state index in [1.54, 1.807) is 43.3 Å². The predicted octanol–water partition coefficient (Wildman–Crippen LogP) is 3.35. The molecule has 2 aromatic rings. The van der Waals surface area contributed by atoms with Gasteiger partial charge >= 0.3 is 0 Å². The highest BCUT2D eigenvalue weighted by Crippen LogP contribution is 2.24. The van der Waals surface area contributed by atoms with Crippen molar-refractivity contribution in [3.63, 3.8) is 0 Å². The van der Waals surface area contributed by atoms with Gasteiger partial charge in [0.1, 0.15) is 5.75 Å². The maximum absolute atomic E-state index is 13.1. The van der Waals surface area contributed by atoms with E-state index in [1.165, 1.54) is 11.4 Å². The average Bonchev–Trinajstić information content (AvgIpc) is 2.61. The molecule has 0 aliphatic carbocycles. The van der Waals surface area contributed by atoms with Crippen molar-refractivity contribution in [1.29, 1.82) is 0 Å². The summed E-state index contributed by atoms with van der Waals surface area (Å²) < 4.78 is 32.6. The van der Waals surface area contributed by atoms with E-state index in [-0.39, 0.29) is 18.0 Å². The molecule has 0 radical (unpaired) electrons. The molecule has 1 N–H and O–H groups in total. The first kappa shape index (κ1) is 20.9. The molecule has 0 heterocycles. The number of ether oxygens (including phenoxy) is 1. The number of aryl methyl sites for hydroxylation is 2. The van der Waals surface area contributed by atoms with Crippen LogP contribution in [0.1, 0.15) is 24.5 Å². The standard InChI is InChI=1S/C20H26N2O4S/c1-5-12-22(27(24,25)19-11-10-15(2)13-16(19)3)14-20(23)21-17-8-6-7-9-18(17)26-4/h6-11,13H,5,12,14H2,1-4H3,(H,21,23). The number of rotatable bonds is 8. The van der Waals surface area contributed by atoms with Crippen LogP contribution in [-0.4, -0.2) is 38.8 Å². The number of para-hydroxylation sites is 2. The average molecular weight is 391 g/mol. The summed E-state index contributed by atoms with van der Waals surface area (Å²) in [6.07, 6.45) is 0.603. The predicted molar refractivity (Wildman–Crippen MR) is 107 cm³/mol. The number of benzene rings is 2. The molecule has 7 heteroatoms. The lowest BCUT2D eigenvalue weighted by Crippen LogP contribution is -2.38. The quantitative estimate of drug-likeness (QED) is 0.750. The van der Waals surface area contributed by atoms with Gasteiger partial charge in [0.25, 0.3) is 0 Å². The van der Waals surface area contributed by atoms with Crippen molar-refractivity contribution in [2.75, 3.05) is 25.5 Å². The minimum absolute atomic E-state index is 0.228. The molecule has 0 aromatic heterocycles. The van der Waals surface area contributed by atoms with E-state index in [2.05, 4.69) is 5.32 Å². The largest absolute Gasteiger partial charge is 0.495 e. The summed E-state index contributed by atoms with van der Waals surface area (Å²) in [6.45, 7) is 5.55. The molecule has 0 saturated carbocycles. The fraction of sp³-hybridized carbons (Fsp3) is 0.350. The molecule has 2 aromatic carbocycles. The van der Waals surface area contributed by atoms with Gasteiger partial charge in [-0.3, -0.25) is 4.79 Å². The minimum Gasteiger partial charge on any atom is -0.495 e. The third-order valence-electron chi connectivity index (χ3n) is 4.12. The van der Waals surface area contributed by atoms with Crippen molar-refractivity contribution in [2.45, 2.75) is 32.1 Å². The number of hydrogen-bond acceptors (Lipinski definition) is 4. The number of anilines is 1. The molecule has 0 bridgehead atoms. The Morgan fingerprint density at radius 2 is 1.85 bits per heavy atom. The number of sulfonamides is 1. The Labute approximate surface area is 161 Å². The van der Waals surface area contributed by atoms with Crippen LogP contribution in [0.5, 0.6) is 5.75 Å². The summed E-state index contributed by atoms with van der Waals surface area (Å²) in [5.41, 5.74) is 2.16. The Balaban J connectivity index is 2.24. The number of nitrogens with one attached hydrogen (secondary N) is 1. The lowest BCUT2D eigenvalue weighted by molar-refractivity contribution is -0.116. The third kappa shape index (κ3) is 5.08. The van der Waals surface area contributed by atoms with Gasteiger partial charge in [-0.25, -0.2) is 8.42 Å². The SMILES string of the molecule is CCCN(CC(=O)Nc1ccccc1OC)S(=O)(=O)c1ccc(C)cc1C. The van der Waals surface area contributed by atoms with E-state index in [1.807, 2.05) is 19.9 Å². The van der Waals surface area contributed by atoms with Gasteiger partial charge in [-0.1, -0.05) is 36.8 Å². The molecule has 0 aliphatic rings. The molecule has 0 unspecified atom stereocenters. The first-order valence-electron chi connectivity index (χ1n) is 8.80. The highest BCUT2D eigenvalue weighted by atomic mass is 32.2. The van der Waals surface area contributed by atoms with E-state index in [4.69, 9.17) is 4.74 Å². The number of nitrogens with zero attached hydrogens (tertiary/aromatic N) is 1. The van der Waals surface area contributed by atoms with Gasteiger partial charge in [-0.05, 0) is 44.0 Å². The maximum atomic E-state index is 13.1. The summed E-state index contributed by atoms with van der Waals surface area (Å²) in [5, 5.41) is 2.73. The third-order valence-corrected chi connectivity index (χ3v) is 6.13. The maximum Gasteiger partial charge on any atom is 0.243 e. The van der Waals surface area contributed by atoms with Crippen molar-refractivity contribution in [3.8, 4) is 5.75 Å². The zero-order valence-corrected chi connectivity index (χ0v) is 17.0. The fourth-order valence-electron chi connectivity index (χ4n) is 2.86.